The first-order chi connectivity index (χ1) is 12.4. The molecule has 0 aliphatic heterocycles. The van der Waals surface area contributed by atoms with Crippen molar-refractivity contribution in [2.45, 2.75) is 90.1 Å². The van der Waals surface area contributed by atoms with Gasteiger partial charge in [0.05, 0.1) is 5.60 Å². The van der Waals surface area contributed by atoms with Crippen LogP contribution in [0.15, 0.2) is 5.10 Å². The quantitative estimate of drug-likeness (QED) is 0.426. The van der Waals surface area contributed by atoms with E-state index >= 15 is 0 Å². The molecule has 0 heterocycles. The average Bonchev–Trinajstić information content (AvgIpc) is 3.27. The summed E-state index contributed by atoms with van der Waals surface area (Å²) in [4.78, 5) is 0. The number of aliphatic hydroxyl groups is 1. The van der Waals surface area contributed by atoms with Gasteiger partial charge in [0.2, 0.25) is 0 Å². The van der Waals surface area contributed by atoms with E-state index in [1.807, 2.05) is 0 Å². The molecule has 26 heavy (non-hydrogen) atoms. The summed E-state index contributed by atoms with van der Waals surface area (Å²) < 4.78 is 0. The van der Waals surface area contributed by atoms with Gasteiger partial charge >= 0.3 is 0 Å². The van der Waals surface area contributed by atoms with E-state index in [0.717, 1.165) is 48.3 Å². The minimum atomic E-state index is -0.393. The van der Waals surface area contributed by atoms with Crippen molar-refractivity contribution in [1.82, 2.24) is 0 Å². The highest BCUT2D eigenvalue weighted by Crippen LogP contribution is 2.70. The lowest BCUT2D eigenvalue weighted by Gasteiger charge is -2.57. The SMILES string of the molecule is C[C@@]1(O)CC[C@H]2[C@H](CC[C@@H]3[C@@H]2CC[C@]2(C)[C@@H](C4(/C=N/N)CC4)CC[C@@H]32)C1. The predicted octanol–water partition coefficient (Wildman–Crippen LogP) is 4.73. The van der Waals surface area contributed by atoms with Gasteiger partial charge in [0.1, 0.15) is 0 Å². The Balaban J connectivity index is 1.37. The average molecular weight is 359 g/mol. The molecule has 0 radical (unpaired) electrons. The summed E-state index contributed by atoms with van der Waals surface area (Å²) in [6.45, 7) is 4.70. The molecule has 5 saturated carbocycles. The fraction of sp³-hybridized carbons (Fsp3) is 0.957. The monoisotopic (exact) mass is 358 g/mol. The molecular formula is C23H38N2O. The largest absolute Gasteiger partial charge is 0.390 e. The third-order valence-corrected chi connectivity index (χ3v) is 10.1. The zero-order valence-electron chi connectivity index (χ0n) is 16.8. The van der Waals surface area contributed by atoms with Crippen LogP contribution < -0.4 is 5.84 Å². The highest BCUT2D eigenvalue weighted by atomic mass is 16.3. The molecule has 0 unspecified atom stereocenters. The predicted molar refractivity (Wildman–Crippen MR) is 106 cm³/mol. The summed E-state index contributed by atoms with van der Waals surface area (Å²) in [5.41, 5.74) is 0.479. The Labute approximate surface area is 159 Å². The maximum absolute atomic E-state index is 10.6. The van der Waals surface area contributed by atoms with Crippen molar-refractivity contribution in [2.75, 3.05) is 0 Å². The molecule has 0 aromatic carbocycles. The summed E-state index contributed by atoms with van der Waals surface area (Å²) in [6, 6.07) is 0. The number of hydrazone groups is 1. The Morgan fingerprint density at radius 3 is 2.38 bits per heavy atom. The molecule has 5 aliphatic carbocycles. The van der Waals surface area contributed by atoms with Gasteiger partial charge < -0.3 is 10.9 Å². The van der Waals surface area contributed by atoms with Crippen LogP contribution in [0.3, 0.4) is 0 Å². The molecule has 0 amide bonds. The second-order valence-electron chi connectivity index (χ2n) is 11.4. The van der Waals surface area contributed by atoms with Crippen LogP contribution in [0.1, 0.15) is 84.5 Å². The Morgan fingerprint density at radius 1 is 0.885 bits per heavy atom. The van der Waals surface area contributed by atoms with Crippen LogP contribution in [0.25, 0.3) is 0 Å². The first-order valence-electron chi connectivity index (χ1n) is 11.4. The van der Waals surface area contributed by atoms with Gasteiger partial charge in [-0.05, 0) is 118 Å². The minimum Gasteiger partial charge on any atom is -0.390 e. The standard InChI is InChI=1S/C23H38N2O/c1-21(26)9-7-16-15(13-21)3-4-18-17(16)8-10-22(2)19(18)5-6-20(22)23(11-12-23)14-25-24/h14-20,26H,3-13,24H2,1-2H3/b25-14+/t15-,16+,17-,18-,19+,20+,21-,22+/m1/s1. The zero-order valence-corrected chi connectivity index (χ0v) is 16.8. The lowest BCUT2D eigenvalue weighted by Crippen LogP contribution is -2.51. The molecule has 3 heteroatoms. The van der Waals surface area contributed by atoms with Crippen LogP contribution in [0.4, 0.5) is 0 Å². The Hall–Kier alpha value is -0.570. The van der Waals surface area contributed by atoms with E-state index in [0.29, 0.717) is 10.8 Å². The van der Waals surface area contributed by atoms with Crippen LogP contribution in [-0.2, 0) is 0 Å². The molecule has 0 aromatic heterocycles. The van der Waals surface area contributed by atoms with Crippen LogP contribution in [0.5, 0.6) is 0 Å². The van der Waals surface area contributed by atoms with E-state index in [9.17, 15) is 5.11 Å². The molecule has 0 aromatic rings. The van der Waals surface area contributed by atoms with Crippen LogP contribution in [-0.4, -0.2) is 16.9 Å². The molecule has 0 saturated heterocycles. The van der Waals surface area contributed by atoms with Gasteiger partial charge in [0.25, 0.3) is 0 Å². The lowest BCUT2D eigenvalue weighted by molar-refractivity contribution is -0.102. The summed E-state index contributed by atoms with van der Waals surface area (Å²) in [5, 5.41) is 14.5. The van der Waals surface area contributed by atoms with Crippen LogP contribution >= 0.6 is 0 Å². The Kier molecular flexibility index (Phi) is 3.85. The van der Waals surface area contributed by atoms with Gasteiger partial charge in [0.15, 0.2) is 0 Å². The summed E-state index contributed by atoms with van der Waals surface area (Å²) in [6.07, 6.45) is 16.6. The topological polar surface area (TPSA) is 58.6 Å². The molecular weight excluding hydrogens is 320 g/mol. The molecule has 3 nitrogen and oxygen atoms in total. The molecule has 5 aliphatic rings. The molecule has 8 atom stereocenters. The highest BCUT2D eigenvalue weighted by molar-refractivity contribution is 5.70. The first kappa shape index (κ1) is 17.5. The van der Waals surface area contributed by atoms with Crippen molar-refractivity contribution >= 4 is 6.21 Å². The number of hydrogen-bond donors (Lipinski definition) is 2. The second-order valence-corrected chi connectivity index (χ2v) is 11.4. The number of fused-ring (bicyclic) bond motifs is 5. The van der Waals surface area contributed by atoms with E-state index < -0.39 is 5.60 Å². The van der Waals surface area contributed by atoms with Crippen molar-refractivity contribution in [2.24, 2.45) is 57.3 Å². The van der Waals surface area contributed by atoms with Gasteiger partial charge in [-0.2, -0.15) is 5.10 Å². The number of nitrogens with two attached hydrogens (primary N) is 1. The molecule has 0 spiro atoms. The van der Waals surface area contributed by atoms with E-state index in [4.69, 9.17) is 5.84 Å². The lowest BCUT2D eigenvalue weighted by atomic mass is 9.48. The number of nitrogens with zero attached hydrogens (tertiary/aromatic N) is 1. The minimum absolute atomic E-state index is 0.353. The summed E-state index contributed by atoms with van der Waals surface area (Å²) >= 11 is 0. The highest BCUT2D eigenvalue weighted by Gasteiger charge is 2.63. The second kappa shape index (κ2) is 5.72. The van der Waals surface area contributed by atoms with Crippen molar-refractivity contribution in [3.63, 3.8) is 0 Å². The Morgan fingerprint density at radius 2 is 1.65 bits per heavy atom. The van der Waals surface area contributed by atoms with E-state index in [2.05, 4.69) is 25.2 Å². The number of rotatable bonds is 2. The van der Waals surface area contributed by atoms with Crippen molar-refractivity contribution < 1.29 is 5.11 Å². The fourth-order valence-electron chi connectivity index (χ4n) is 8.89. The third-order valence-electron chi connectivity index (χ3n) is 10.1. The summed E-state index contributed by atoms with van der Waals surface area (Å²) in [5.74, 6) is 10.9. The maximum atomic E-state index is 10.6. The van der Waals surface area contributed by atoms with Gasteiger partial charge in [-0.25, -0.2) is 0 Å². The van der Waals surface area contributed by atoms with E-state index in [1.165, 1.54) is 57.8 Å². The normalized spacial score (nSPS) is 55.2. The van der Waals surface area contributed by atoms with Gasteiger partial charge in [0, 0.05) is 11.6 Å². The fourth-order valence-corrected chi connectivity index (χ4v) is 8.89. The maximum Gasteiger partial charge on any atom is 0.0622 e. The zero-order chi connectivity index (χ0) is 18.2. The Bertz CT molecular complexity index is 595. The molecule has 5 rings (SSSR count). The van der Waals surface area contributed by atoms with Crippen molar-refractivity contribution in [3.05, 3.63) is 0 Å². The number of hydrogen-bond acceptors (Lipinski definition) is 3. The van der Waals surface area contributed by atoms with Gasteiger partial charge in [-0.1, -0.05) is 6.92 Å². The first-order valence-corrected chi connectivity index (χ1v) is 11.4. The molecule has 5 fully saturated rings. The molecule has 3 N–H and O–H groups in total. The molecule has 0 bridgehead atoms. The van der Waals surface area contributed by atoms with Gasteiger partial charge in [-0.15, -0.1) is 0 Å². The van der Waals surface area contributed by atoms with Crippen molar-refractivity contribution in [1.29, 1.82) is 0 Å². The van der Waals surface area contributed by atoms with E-state index in [-0.39, 0.29) is 0 Å². The van der Waals surface area contributed by atoms with Crippen LogP contribution in [0.2, 0.25) is 0 Å². The summed E-state index contributed by atoms with van der Waals surface area (Å²) in [7, 11) is 0. The smallest absolute Gasteiger partial charge is 0.0622 e. The van der Waals surface area contributed by atoms with Gasteiger partial charge in [-0.3, -0.25) is 0 Å². The van der Waals surface area contributed by atoms with Crippen molar-refractivity contribution in [3.8, 4) is 0 Å². The molecule has 146 valence electrons. The third kappa shape index (κ3) is 2.45. The van der Waals surface area contributed by atoms with E-state index in [1.54, 1.807) is 0 Å². The van der Waals surface area contributed by atoms with Crippen LogP contribution in [0, 0.1) is 46.3 Å².